The first-order valence-electron chi connectivity index (χ1n) is 17.5. The number of nitrogens with zero attached hydrogens (tertiary/aromatic N) is 2. The normalized spacial score (nSPS) is 19.1. The summed E-state index contributed by atoms with van der Waals surface area (Å²) < 4.78 is 83.1. The van der Waals surface area contributed by atoms with Gasteiger partial charge in [0.1, 0.15) is 17.0 Å². The number of rotatable bonds is 7. The predicted molar refractivity (Wildman–Crippen MR) is 203 cm³/mol. The largest absolute Gasteiger partial charge is 0.495 e. The number of sulfone groups is 1. The molecule has 3 heterocycles. The number of fused-ring (bicyclic) bond motifs is 3. The van der Waals surface area contributed by atoms with Gasteiger partial charge in [0.15, 0.2) is 9.84 Å². The summed E-state index contributed by atoms with van der Waals surface area (Å²) >= 11 is 1.17. The van der Waals surface area contributed by atoms with E-state index >= 15 is 0 Å². The Balaban J connectivity index is 1.43. The first-order valence-corrected chi connectivity index (χ1v) is 20.2. The molecule has 2 N–H and O–H groups in total. The molecule has 0 atom stereocenters. The maximum atomic E-state index is 14.0. The van der Waals surface area contributed by atoms with Gasteiger partial charge in [0.2, 0.25) is 0 Å². The van der Waals surface area contributed by atoms with E-state index in [1.165, 1.54) is 30.6 Å². The number of benzene rings is 2. The molecular weight excluding hydrogens is 746 g/mol. The highest BCUT2D eigenvalue weighted by atomic mass is 32.2. The Kier molecular flexibility index (Phi) is 11.6. The van der Waals surface area contributed by atoms with Gasteiger partial charge in [-0.25, -0.2) is 18.0 Å². The number of ether oxygens (including phenoxy) is 3. The number of amides is 2. The summed E-state index contributed by atoms with van der Waals surface area (Å²) in [6.07, 6.45) is -5.45. The molecule has 5 rings (SSSR count). The molecule has 0 spiro atoms. The predicted octanol–water partition coefficient (Wildman–Crippen LogP) is 7.40. The standard InChI is InChI=1S/C38H47F3N4O7S2/c1-36(2,3)51-34(46)44-19-23-21-45(35(47)52-37(4,5)6)22-24(20-44)32(23)43-29-12-9-11-26-27(18-38(39,40)41)31(53-33(26)29)13-10-16-42-28-15-14-25(54(8,48)49)17-30(28)50-7/h9,11-12,14-15,17,23-24,32,42-43H,16,18-22H2,1-8H3. The van der Waals surface area contributed by atoms with Crippen molar-refractivity contribution in [2.75, 3.05) is 56.7 Å². The van der Waals surface area contributed by atoms with Crippen molar-refractivity contribution in [1.82, 2.24) is 9.80 Å². The zero-order chi connectivity index (χ0) is 39.8. The lowest BCUT2D eigenvalue weighted by Gasteiger charge is -2.51. The quantitative estimate of drug-likeness (QED) is 0.236. The molecule has 2 amide bonds. The van der Waals surface area contributed by atoms with Crippen LogP contribution in [0.1, 0.15) is 52.0 Å². The Bertz CT molecular complexity index is 2000. The average Bonchev–Trinajstić information content (AvgIpc) is 3.37. The van der Waals surface area contributed by atoms with Gasteiger partial charge in [-0.3, -0.25) is 0 Å². The summed E-state index contributed by atoms with van der Waals surface area (Å²) in [5.74, 6) is 5.66. The van der Waals surface area contributed by atoms with Crippen LogP contribution in [0.5, 0.6) is 5.75 Å². The van der Waals surface area contributed by atoms with E-state index in [-0.39, 0.29) is 45.5 Å². The molecule has 2 fully saturated rings. The van der Waals surface area contributed by atoms with Crippen molar-refractivity contribution in [3.63, 3.8) is 0 Å². The number of alkyl halides is 3. The average molecular weight is 793 g/mol. The van der Waals surface area contributed by atoms with Crippen molar-refractivity contribution < 1.29 is 45.4 Å². The van der Waals surface area contributed by atoms with Gasteiger partial charge in [-0.15, -0.1) is 11.3 Å². The number of nitrogens with one attached hydrogen (secondary N) is 2. The third kappa shape index (κ3) is 10.2. The fourth-order valence-electron chi connectivity index (χ4n) is 6.68. The lowest BCUT2D eigenvalue weighted by Crippen LogP contribution is -2.64. The summed E-state index contributed by atoms with van der Waals surface area (Å²) in [5.41, 5.74) is -0.195. The molecule has 0 saturated carbocycles. The van der Waals surface area contributed by atoms with E-state index in [0.717, 1.165) is 6.26 Å². The molecule has 1 aromatic heterocycles. The van der Waals surface area contributed by atoms with E-state index in [2.05, 4.69) is 22.5 Å². The number of halogens is 3. The van der Waals surface area contributed by atoms with Crippen LogP contribution in [-0.2, 0) is 25.7 Å². The summed E-state index contributed by atoms with van der Waals surface area (Å²) in [4.78, 5) is 30.0. The van der Waals surface area contributed by atoms with Gasteiger partial charge in [-0.1, -0.05) is 24.0 Å². The number of piperidine rings is 2. The van der Waals surface area contributed by atoms with Crippen molar-refractivity contribution >= 4 is 54.8 Å². The lowest BCUT2D eigenvalue weighted by molar-refractivity contribution is -0.127. The lowest BCUT2D eigenvalue weighted by atomic mass is 9.79. The van der Waals surface area contributed by atoms with Gasteiger partial charge in [0.05, 0.1) is 45.9 Å². The molecule has 294 valence electrons. The molecule has 2 bridgehead atoms. The minimum atomic E-state index is -4.49. The highest BCUT2D eigenvalue weighted by Gasteiger charge is 2.46. The van der Waals surface area contributed by atoms with Gasteiger partial charge >= 0.3 is 18.4 Å². The van der Waals surface area contributed by atoms with Gasteiger partial charge in [0.25, 0.3) is 0 Å². The first-order chi connectivity index (χ1) is 25.0. The Morgan fingerprint density at radius 2 is 1.48 bits per heavy atom. The summed E-state index contributed by atoms with van der Waals surface area (Å²) in [6, 6.07) is 9.33. The first kappa shape index (κ1) is 40.8. The number of carbonyl (C=O) groups excluding carboxylic acids is 2. The molecule has 2 aliphatic heterocycles. The number of hydrogen-bond donors (Lipinski definition) is 2. The monoisotopic (exact) mass is 792 g/mol. The maximum absolute atomic E-state index is 14.0. The van der Waals surface area contributed by atoms with Gasteiger partial charge in [-0.05, 0) is 70.7 Å². The van der Waals surface area contributed by atoms with Crippen LogP contribution in [0.15, 0.2) is 41.3 Å². The van der Waals surface area contributed by atoms with Crippen LogP contribution in [0.25, 0.3) is 10.1 Å². The van der Waals surface area contributed by atoms with Crippen LogP contribution in [0.3, 0.4) is 0 Å². The molecule has 0 unspecified atom stereocenters. The second kappa shape index (κ2) is 15.4. The molecule has 3 aromatic rings. The van der Waals surface area contributed by atoms with E-state index in [1.54, 1.807) is 69.5 Å². The van der Waals surface area contributed by atoms with E-state index in [1.807, 2.05) is 6.07 Å². The Hall–Kier alpha value is -4.36. The van der Waals surface area contributed by atoms with Crippen molar-refractivity contribution in [2.45, 2.75) is 76.3 Å². The van der Waals surface area contributed by atoms with E-state index in [0.29, 0.717) is 47.6 Å². The Labute approximate surface area is 318 Å². The Morgan fingerprint density at radius 1 is 0.907 bits per heavy atom. The third-order valence-electron chi connectivity index (χ3n) is 8.83. The Morgan fingerprint density at radius 3 is 1.98 bits per heavy atom. The zero-order valence-electron chi connectivity index (χ0n) is 31.6. The summed E-state index contributed by atoms with van der Waals surface area (Å²) in [6.45, 7) is 12.0. The van der Waals surface area contributed by atoms with Crippen LogP contribution in [0.4, 0.5) is 34.1 Å². The number of anilines is 2. The number of likely N-dealkylation sites (tertiary alicyclic amines) is 2. The van der Waals surface area contributed by atoms with E-state index in [4.69, 9.17) is 14.2 Å². The smallest absolute Gasteiger partial charge is 0.410 e. The van der Waals surface area contributed by atoms with Crippen LogP contribution < -0.4 is 15.4 Å². The summed E-state index contributed by atoms with van der Waals surface area (Å²) in [5, 5.41) is 7.10. The van der Waals surface area contributed by atoms with Crippen molar-refractivity contribution in [3.05, 3.63) is 46.8 Å². The SMILES string of the molecule is COc1cc(S(C)(=O)=O)ccc1NCC#Cc1sc2c(NC3C4CN(C(=O)OC(C)(C)C)CC3CN(C(=O)OC(C)(C)C)C4)cccc2c1CC(F)(F)F. The fourth-order valence-corrected chi connectivity index (χ4v) is 8.48. The summed E-state index contributed by atoms with van der Waals surface area (Å²) in [7, 11) is -2.06. The highest BCUT2D eigenvalue weighted by molar-refractivity contribution is 7.90. The molecule has 2 aliphatic rings. The molecule has 54 heavy (non-hydrogen) atoms. The van der Waals surface area contributed by atoms with Gasteiger partial charge in [-0.2, -0.15) is 13.2 Å². The third-order valence-corrected chi connectivity index (χ3v) is 11.1. The van der Waals surface area contributed by atoms with Crippen LogP contribution in [0.2, 0.25) is 0 Å². The minimum Gasteiger partial charge on any atom is -0.495 e. The van der Waals surface area contributed by atoms with E-state index < -0.39 is 45.8 Å². The van der Waals surface area contributed by atoms with Crippen molar-refractivity contribution in [3.8, 4) is 17.6 Å². The van der Waals surface area contributed by atoms with Gasteiger partial charge in [0, 0.05) is 56.4 Å². The van der Waals surface area contributed by atoms with E-state index in [9.17, 15) is 31.2 Å². The van der Waals surface area contributed by atoms with Crippen LogP contribution >= 0.6 is 11.3 Å². The molecule has 0 aliphatic carbocycles. The van der Waals surface area contributed by atoms with Crippen molar-refractivity contribution in [2.24, 2.45) is 11.8 Å². The van der Waals surface area contributed by atoms with Crippen LogP contribution in [-0.4, -0.2) is 99.9 Å². The molecule has 0 radical (unpaired) electrons. The minimum absolute atomic E-state index is 0.0487. The van der Waals surface area contributed by atoms with Crippen molar-refractivity contribution in [1.29, 1.82) is 0 Å². The fraction of sp³-hybridized carbons (Fsp3) is 0.526. The number of hydrogen-bond acceptors (Lipinski definition) is 10. The second-order valence-electron chi connectivity index (χ2n) is 15.6. The van der Waals surface area contributed by atoms with Crippen LogP contribution in [0, 0.1) is 23.7 Å². The maximum Gasteiger partial charge on any atom is 0.410 e. The molecular formula is C38H47F3N4O7S2. The number of carbonyl (C=O) groups is 2. The molecule has 2 aromatic carbocycles. The topological polar surface area (TPSA) is 127 Å². The number of thiophene rings is 1. The molecule has 16 heteroatoms. The molecule has 11 nitrogen and oxygen atoms in total. The van der Waals surface area contributed by atoms with Gasteiger partial charge < -0.3 is 34.6 Å². The zero-order valence-corrected chi connectivity index (χ0v) is 33.3. The number of methoxy groups -OCH3 is 1. The second-order valence-corrected chi connectivity index (χ2v) is 18.7. The highest BCUT2D eigenvalue weighted by Crippen LogP contribution is 2.41. The molecule has 2 saturated heterocycles.